The first-order valence-corrected chi connectivity index (χ1v) is 12.2. The number of carbonyl (C=O) groups is 3. The summed E-state index contributed by atoms with van der Waals surface area (Å²) in [6.07, 6.45) is -5.60. The first-order chi connectivity index (χ1) is 16.6. The van der Waals surface area contributed by atoms with Crippen LogP contribution in [0.25, 0.3) is 11.1 Å². The third-order valence-electron chi connectivity index (χ3n) is 5.61. The Morgan fingerprint density at radius 2 is 1.57 bits per heavy atom. The van der Waals surface area contributed by atoms with Crippen LogP contribution in [0.1, 0.15) is 29.9 Å². The predicted molar refractivity (Wildman–Crippen MR) is 125 cm³/mol. The minimum Gasteiger partial charge on any atom is -0.480 e. The van der Waals surface area contributed by atoms with E-state index in [4.69, 9.17) is 9.84 Å². The zero-order chi connectivity index (χ0) is 25.6. The van der Waals surface area contributed by atoms with Crippen LogP contribution in [0.5, 0.6) is 0 Å². The van der Waals surface area contributed by atoms with Crippen LogP contribution in [0, 0.1) is 0 Å². The average Bonchev–Trinajstić information content (AvgIpc) is 3.12. The summed E-state index contributed by atoms with van der Waals surface area (Å²) in [6.45, 7) is -0.0114. The smallest absolute Gasteiger partial charge is 0.407 e. The van der Waals surface area contributed by atoms with Crippen molar-refractivity contribution in [2.45, 2.75) is 37.0 Å². The van der Waals surface area contributed by atoms with Crippen LogP contribution in [0.2, 0.25) is 0 Å². The molecule has 0 saturated carbocycles. The molecular formula is C24H25F3N2O5S. The molecule has 2 aromatic carbocycles. The number of benzene rings is 2. The van der Waals surface area contributed by atoms with E-state index in [1.165, 1.54) is 11.8 Å². The largest absolute Gasteiger partial charge is 0.480 e. The Hall–Kier alpha value is -3.21. The molecule has 0 fully saturated rings. The fraction of sp³-hybridized carbons (Fsp3) is 0.375. The number of nitrogens with one attached hydrogen (secondary N) is 2. The summed E-state index contributed by atoms with van der Waals surface area (Å²) in [7, 11) is 0. The Morgan fingerprint density at radius 3 is 2.09 bits per heavy atom. The van der Waals surface area contributed by atoms with Gasteiger partial charge in [0.15, 0.2) is 0 Å². The molecule has 0 aromatic heterocycles. The highest BCUT2D eigenvalue weighted by Gasteiger charge is 2.37. The molecule has 0 aliphatic heterocycles. The molecule has 0 saturated heterocycles. The standard InChI is InChI=1S/C24H25F3N2O5S/c1-35-11-10-19(21(30)28-20(22(31)32)12-24(25,26)27)29-23(33)34-13-18-16-8-4-2-6-14(16)15-7-3-5-9-17(15)18/h2-9,18-20H,10-13H2,1H3,(H,28,30)(H,29,33)(H,31,32)/t19-,20?/m1/s1. The van der Waals surface area contributed by atoms with Gasteiger partial charge in [0, 0.05) is 5.92 Å². The Morgan fingerprint density at radius 1 is 1.00 bits per heavy atom. The number of halogens is 3. The van der Waals surface area contributed by atoms with E-state index < -0.39 is 42.7 Å². The van der Waals surface area contributed by atoms with Gasteiger partial charge in [0.2, 0.25) is 5.91 Å². The normalized spacial score (nSPS) is 14.4. The zero-order valence-electron chi connectivity index (χ0n) is 18.8. The van der Waals surface area contributed by atoms with Crippen LogP contribution in [0.15, 0.2) is 48.5 Å². The summed E-state index contributed by atoms with van der Waals surface area (Å²) < 4.78 is 43.4. The highest BCUT2D eigenvalue weighted by Crippen LogP contribution is 2.44. The molecule has 0 heterocycles. The second-order valence-electron chi connectivity index (χ2n) is 8.02. The van der Waals surface area contributed by atoms with Crippen LogP contribution in [-0.2, 0) is 14.3 Å². The number of fused-ring (bicyclic) bond motifs is 3. The van der Waals surface area contributed by atoms with E-state index in [1.54, 1.807) is 6.26 Å². The number of carboxylic acids is 1. The molecule has 2 amide bonds. The molecule has 0 radical (unpaired) electrons. The molecule has 11 heteroatoms. The second kappa shape index (κ2) is 11.5. The molecule has 3 rings (SSSR count). The van der Waals surface area contributed by atoms with Gasteiger partial charge in [-0.2, -0.15) is 24.9 Å². The lowest BCUT2D eigenvalue weighted by atomic mass is 9.98. The molecule has 2 atom stereocenters. The number of amides is 2. The Balaban J connectivity index is 1.66. The second-order valence-corrected chi connectivity index (χ2v) is 9.01. The van der Waals surface area contributed by atoms with Crippen molar-refractivity contribution in [1.82, 2.24) is 10.6 Å². The fourth-order valence-electron chi connectivity index (χ4n) is 3.99. The third-order valence-corrected chi connectivity index (χ3v) is 6.26. The van der Waals surface area contributed by atoms with Gasteiger partial charge in [-0.1, -0.05) is 48.5 Å². The molecule has 35 heavy (non-hydrogen) atoms. The van der Waals surface area contributed by atoms with Gasteiger partial charge >= 0.3 is 18.2 Å². The molecule has 7 nitrogen and oxygen atoms in total. The molecular weight excluding hydrogens is 485 g/mol. The van der Waals surface area contributed by atoms with E-state index in [2.05, 4.69) is 5.32 Å². The fourth-order valence-corrected chi connectivity index (χ4v) is 4.46. The summed E-state index contributed by atoms with van der Waals surface area (Å²) in [5.41, 5.74) is 4.07. The molecule has 1 aliphatic rings. The summed E-state index contributed by atoms with van der Waals surface area (Å²) in [5.74, 6) is -2.65. The summed E-state index contributed by atoms with van der Waals surface area (Å²) in [4.78, 5) is 36.3. The van der Waals surface area contributed by atoms with Crippen molar-refractivity contribution in [2.75, 3.05) is 18.6 Å². The topological polar surface area (TPSA) is 105 Å². The maximum Gasteiger partial charge on any atom is 0.407 e. The first-order valence-electron chi connectivity index (χ1n) is 10.8. The molecule has 1 unspecified atom stereocenters. The zero-order valence-corrected chi connectivity index (χ0v) is 19.6. The average molecular weight is 511 g/mol. The van der Waals surface area contributed by atoms with Crippen LogP contribution < -0.4 is 10.6 Å². The van der Waals surface area contributed by atoms with Crippen LogP contribution >= 0.6 is 11.8 Å². The summed E-state index contributed by atoms with van der Waals surface area (Å²) in [6, 6.07) is 12.1. The van der Waals surface area contributed by atoms with Gasteiger partial charge in [0.05, 0.1) is 6.42 Å². The summed E-state index contributed by atoms with van der Waals surface area (Å²) in [5, 5.41) is 13.3. The molecule has 188 valence electrons. The van der Waals surface area contributed by atoms with Crippen LogP contribution in [0.3, 0.4) is 0 Å². The van der Waals surface area contributed by atoms with Gasteiger partial charge in [0.25, 0.3) is 0 Å². The predicted octanol–water partition coefficient (Wildman–Crippen LogP) is 4.17. The van der Waals surface area contributed by atoms with Crippen LogP contribution in [0.4, 0.5) is 18.0 Å². The van der Waals surface area contributed by atoms with E-state index in [1.807, 2.05) is 53.8 Å². The quantitative estimate of drug-likeness (QED) is 0.443. The molecule has 2 aromatic rings. The van der Waals surface area contributed by atoms with Crippen molar-refractivity contribution >= 4 is 29.7 Å². The number of thioether (sulfide) groups is 1. The van der Waals surface area contributed by atoms with E-state index in [-0.39, 0.29) is 18.9 Å². The van der Waals surface area contributed by atoms with Gasteiger partial charge in [0.1, 0.15) is 18.7 Å². The van der Waals surface area contributed by atoms with Gasteiger partial charge in [-0.15, -0.1) is 0 Å². The lowest BCUT2D eigenvalue weighted by Gasteiger charge is -2.22. The molecule has 3 N–H and O–H groups in total. The Bertz CT molecular complexity index is 1030. The van der Waals surface area contributed by atoms with Crippen molar-refractivity contribution in [3.05, 3.63) is 59.7 Å². The highest BCUT2D eigenvalue weighted by atomic mass is 32.2. The van der Waals surface area contributed by atoms with E-state index >= 15 is 0 Å². The molecule has 0 spiro atoms. The van der Waals surface area contributed by atoms with Crippen molar-refractivity contribution in [3.63, 3.8) is 0 Å². The number of aliphatic carboxylic acids is 1. The van der Waals surface area contributed by atoms with Crippen LogP contribution in [-0.4, -0.2) is 60.0 Å². The van der Waals surface area contributed by atoms with E-state index in [0.717, 1.165) is 22.3 Å². The number of hydrogen-bond acceptors (Lipinski definition) is 5. The van der Waals surface area contributed by atoms with Crippen molar-refractivity contribution in [3.8, 4) is 11.1 Å². The number of rotatable bonds is 10. The number of alkyl halides is 3. The van der Waals surface area contributed by atoms with E-state index in [0.29, 0.717) is 5.75 Å². The summed E-state index contributed by atoms with van der Waals surface area (Å²) >= 11 is 1.36. The lowest BCUT2D eigenvalue weighted by molar-refractivity contribution is -0.160. The number of hydrogen-bond donors (Lipinski definition) is 3. The Labute approximate surface area is 204 Å². The number of carbonyl (C=O) groups excluding carboxylic acids is 2. The lowest BCUT2D eigenvalue weighted by Crippen LogP contribution is -2.52. The SMILES string of the molecule is CSCC[C@@H](NC(=O)OCC1c2ccccc2-c2ccccc21)C(=O)NC(CC(F)(F)F)C(=O)O. The van der Waals surface area contributed by atoms with Gasteiger partial charge in [-0.05, 0) is 40.7 Å². The maximum atomic E-state index is 12.7. The highest BCUT2D eigenvalue weighted by molar-refractivity contribution is 7.98. The monoisotopic (exact) mass is 510 g/mol. The van der Waals surface area contributed by atoms with Crippen molar-refractivity contribution < 1.29 is 37.4 Å². The maximum absolute atomic E-state index is 12.7. The van der Waals surface area contributed by atoms with Gasteiger partial charge < -0.3 is 20.5 Å². The van der Waals surface area contributed by atoms with Crippen molar-refractivity contribution in [2.24, 2.45) is 0 Å². The van der Waals surface area contributed by atoms with E-state index in [9.17, 15) is 27.6 Å². The molecule has 0 bridgehead atoms. The Kier molecular flexibility index (Phi) is 8.66. The van der Waals surface area contributed by atoms with Gasteiger partial charge in [-0.3, -0.25) is 4.79 Å². The minimum atomic E-state index is -4.79. The minimum absolute atomic E-state index is 0.0114. The molecule has 1 aliphatic carbocycles. The number of ether oxygens (including phenoxy) is 1. The number of alkyl carbamates (subject to hydrolysis) is 1. The van der Waals surface area contributed by atoms with Crippen molar-refractivity contribution in [1.29, 1.82) is 0 Å². The van der Waals surface area contributed by atoms with Gasteiger partial charge in [-0.25, -0.2) is 9.59 Å². The number of carboxylic acid groups (broad SMARTS) is 1. The first kappa shape index (κ1) is 26.4. The third kappa shape index (κ3) is 6.91.